The summed E-state index contributed by atoms with van der Waals surface area (Å²) in [5.41, 5.74) is 3.81. The summed E-state index contributed by atoms with van der Waals surface area (Å²) in [6, 6.07) is 34.0. The summed E-state index contributed by atoms with van der Waals surface area (Å²) in [6.45, 7) is 0. The van der Waals surface area contributed by atoms with E-state index in [0.717, 1.165) is 18.1 Å². The standard InChI is InChI=1S/C21H30O4Si5/c26-22-28(16-19-10-4-1-5-11-19)24-30(18-21-14-8-3-9-15-21)25-29(23-27)17-20-12-6-2-7-13-20/h1-15,28-30H,16-18H2,26-27H3. The Kier molecular flexibility index (Phi) is 10.1. The van der Waals surface area contributed by atoms with Gasteiger partial charge in [0.15, 0.2) is 0 Å². The lowest BCUT2D eigenvalue weighted by molar-refractivity contribution is 0.346. The molecule has 0 aliphatic carbocycles. The molecule has 0 spiro atoms. The first-order valence-corrected chi connectivity index (χ1v) is 17.2. The molecule has 4 nitrogen and oxygen atoms in total. The third kappa shape index (κ3) is 8.02. The molecule has 0 aliphatic rings. The smallest absolute Gasteiger partial charge is 0.307 e. The van der Waals surface area contributed by atoms with Crippen LogP contribution in [0.5, 0.6) is 0 Å². The zero-order chi connectivity index (χ0) is 21.0. The van der Waals surface area contributed by atoms with E-state index in [9.17, 15) is 0 Å². The van der Waals surface area contributed by atoms with Crippen LogP contribution in [0.4, 0.5) is 0 Å². The number of hydrogen-bond acceptors (Lipinski definition) is 4. The highest BCUT2D eigenvalue weighted by Crippen LogP contribution is 2.12. The van der Waals surface area contributed by atoms with Crippen molar-refractivity contribution in [2.24, 2.45) is 0 Å². The maximum absolute atomic E-state index is 6.62. The van der Waals surface area contributed by atoms with Gasteiger partial charge in [-0.2, -0.15) is 0 Å². The first kappa shape index (κ1) is 23.3. The highest BCUT2D eigenvalue weighted by atomic mass is 28.4. The van der Waals surface area contributed by atoms with Gasteiger partial charge in [0.1, 0.15) is 21.0 Å². The average molecular weight is 487 g/mol. The van der Waals surface area contributed by atoms with Gasteiger partial charge in [0.05, 0.1) is 0 Å². The van der Waals surface area contributed by atoms with Crippen molar-refractivity contribution in [3.8, 4) is 0 Å². The fourth-order valence-corrected chi connectivity index (χ4v) is 14.5. The number of hydrogen-bond donors (Lipinski definition) is 0. The third-order valence-corrected chi connectivity index (χ3v) is 16.3. The summed E-state index contributed by atoms with van der Waals surface area (Å²) in [6.07, 6.45) is 0. The summed E-state index contributed by atoms with van der Waals surface area (Å²) in [7, 11) is -4.25. The molecule has 0 fully saturated rings. The van der Waals surface area contributed by atoms with Crippen LogP contribution in [0.1, 0.15) is 16.7 Å². The van der Waals surface area contributed by atoms with Crippen molar-refractivity contribution < 1.29 is 16.5 Å². The molecule has 0 N–H and O–H groups in total. The van der Waals surface area contributed by atoms with E-state index in [1.165, 1.54) is 16.7 Å². The molecule has 0 aromatic heterocycles. The molecule has 3 aromatic rings. The van der Waals surface area contributed by atoms with Crippen molar-refractivity contribution >= 4 is 48.8 Å². The fraction of sp³-hybridized carbons (Fsp3) is 0.143. The average Bonchev–Trinajstić information content (AvgIpc) is 2.80. The topological polar surface area (TPSA) is 36.9 Å². The lowest BCUT2D eigenvalue weighted by Crippen LogP contribution is -2.42. The minimum absolute atomic E-state index is 0.682. The molecule has 3 aromatic carbocycles. The molecule has 3 rings (SSSR count). The van der Waals surface area contributed by atoms with E-state index >= 15 is 0 Å². The van der Waals surface area contributed by atoms with Crippen molar-refractivity contribution in [3.05, 3.63) is 108 Å². The Balaban J connectivity index is 1.69. The molecule has 9 heteroatoms. The van der Waals surface area contributed by atoms with Gasteiger partial charge in [-0.05, 0) is 16.7 Å². The van der Waals surface area contributed by atoms with Crippen molar-refractivity contribution in [1.82, 2.24) is 0 Å². The molecule has 2 unspecified atom stereocenters. The molecular formula is C21H30O4Si5. The first-order valence-electron chi connectivity index (χ1n) is 10.2. The Morgan fingerprint density at radius 1 is 0.467 bits per heavy atom. The summed E-state index contributed by atoms with van der Waals surface area (Å²) in [5.74, 6) is 0. The lowest BCUT2D eigenvalue weighted by atomic mass is 10.2. The molecule has 158 valence electrons. The summed E-state index contributed by atoms with van der Waals surface area (Å²) in [5, 5.41) is 0. The molecule has 0 amide bonds. The van der Waals surface area contributed by atoms with Gasteiger partial charge in [-0.15, -0.1) is 0 Å². The third-order valence-electron chi connectivity index (χ3n) is 4.87. The molecule has 0 radical (unpaired) electrons. The number of benzene rings is 3. The van der Waals surface area contributed by atoms with Crippen LogP contribution in [0.3, 0.4) is 0 Å². The van der Waals surface area contributed by atoms with Crippen molar-refractivity contribution in [2.75, 3.05) is 0 Å². The molecule has 0 saturated carbocycles. The van der Waals surface area contributed by atoms with Gasteiger partial charge in [0.25, 0.3) is 0 Å². The van der Waals surface area contributed by atoms with E-state index in [2.05, 4.69) is 72.8 Å². The van der Waals surface area contributed by atoms with E-state index in [4.69, 9.17) is 16.5 Å². The van der Waals surface area contributed by atoms with Crippen molar-refractivity contribution in [1.29, 1.82) is 0 Å². The quantitative estimate of drug-likeness (QED) is 0.352. The molecule has 30 heavy (non-hydrogen) atoms. The zero-order valence-electron chi connectivity index (χ0n) is 17.6. The predicted octanol–water partition coefficient (Wildman–Crippen LogP) is 0.621. The van der Waals surface area contributed by atoms with Gasteiger partial charge in [-0.25, -0.2) is 0 Å². The van der Waals surface area contributed by atoms with Gasteiger partial charge in [-0.1, -0.05) is 91.0 Å². The van der Waals surface area contributed by atoms with Gasteiger partial charge in [-0.3, -0.25) is 0 Å². The molecule has 0 heterocycles. The minimum atomic E-state index is -1.98. The van der Waals surface area contributed by atoms with Crippen LogP contribution in [0.15, 0.2) is 91.0 Å². The van der Waals surface area contributed by atoms with Crippen LogP contribution in [0.25, 0.3) is 0 Å². The Morgan fingerprint density at radius 3 is 1.07 bits per heavy atom. The van der Waals surface area contributed by atoms with Crippen LogP contribution in [-0.2, 0) is 34.6 Å². The van der Waals surface area contributed by atoms with Gasteiger partial charge >= 0.3 is 27.9 Å². The maximum atomic E-state index is 6.62. The second-order valence-electron chi connectivity index (χ2n) is 7.10. The Hall–Kier alpha value is -1.42. The van der Waals surface area contributed by atoms with Gasteiger partial charge in [0.2, 0.25) is 0 Å². The monoisotopic (exact) mass is 486 g/mol. The molecular weight excluding hydrogens is 457 g/mol. The predicted molar refractivity (Wildman–Crippen MR) is 136 cm³/mol. The second kappa shape index (κ2) is 13.1. The normalized spacial score (nSPS) is 14.4. The maximum Gasteiger partial charge on any atom is 0.307 e. The molecule has 0 bridgehead atoms. The molecule has 2 atom stereocenters. The summed E-state index contributed by atoms with van der Waals surface area (Å²) >= 11 is 0. The van der Waals surface area contributed by atoms with Gasteiger partial charge in [0, 0.05) is 18.1 Å². The Labute approximate surface area is 190 Å². The van der Waals surface area contributed by atoms with Crippen LogP contribution < -0.4 is 0 Å². The molecule has 0 saturated heterocycles. The van der Waals surface area contributed by atoms with E-state index in [-0.39, 0.29) is 0 Å². The fourth-order valence-electron chi connectivity index (χ4n) is 3.26. The molecule has 0 aliphatic heterocycles. The van der Waals surface area contributed by atoms with E-state index in [1.54, 1.807) is 0 Å². The van der Waals surface area contributed by atoms with Crippen molar-refractivity contribution in [2.45, 2.75) is 18.1 Å². The van der Waals surface area contributed by atoms with E-state index in [0.29, 0.717) is 21.0 Å². The highest BCUT2D eigenvalue weighted by Gasteiger charge is 2.26. The van der Waals surface area contributed by atoms with E-state index in [1.807, 2.05) is 18.2 Å². The van der Waals surface area contributed by atoms with Crippen LogP contribution in [-0.4, -0.2) is 48.8 Å². The lowest BCUT2D eigenvalue weighted by Gasteiger charge is -2.26. The minimum Gasteiger partial charge on any atom is -0.447 e. The summed E-state index contributed by atoms with van der Waals surface area (Å²) < 4.78 is 25.1. The highest BCUT2D eigenvalue weighted by molar-refractivity contribution is 6.66. The van der Waals surface area contributed by atoms with Crippen molar-refractivity contribution in [3.63, 3.8) is 0 Å². The zero-order valence-corrected chi connectivity index (χ0v) is 25.1. The van der Waals surface area contributed by atoms with E-state index < -0.39 is 27.9 Å². The van der Waals surface area contributed by atoms with Crippen LogP contribution in [0.2, 0.25) is 0 Å². The van der Waals surface area contributed by atoms with Gasteiger partial charge < -0.3 is 16.5 Å². The van der Waals surface area contributed by atoms with Crippen LogP contribution >= 0.6 is 0 Å². The number of rotatable bonds is 12. The Morgan fingerprint density at radius 2 is 0.767 bits per heavy atom. The van der Waals surface area contributed by atoms with Crippen LogP contribution in [0, 0.1) is 0 Å². The summed E-state index contributed by atoms with van der Waals surface area (Å²) in [4.78, 5) is 0. The SMILES string of the molecule is [SiH3]O[SiH](Cc1ccccc1)O[SiH](Cc1ccccc1)O[SiH](Cc1ccccc1)O[SiH3]. The first-order chi connectivity index (χ1) is 14.8. The largest absolute Gasteiger partial charge is 0.447 e. The second-order valence-corrected chi connectivity index (χ2v) is 16.9. The Bertz CT molecular complexity index is 790.